The molecule has 0 bridgehead atoms. The number of aryl methyl sites for hydroxylation is 2. The number of nitrogens with zero attached hydrogens (tertiary/aromatic N) is 4. The zero-order chi connectivity index (χ0) is 15.0. The predicted molar refractivity (Wildman–Crippen MR) is 82.2 cm³/mol. The lowest BCUT2D eigenvalue weighted by molar-refractivity contribution is 0.0594. The van der Waals surface area contributed by atoms with Crippen molar-refractivity contribution in [1.82, 2.24) is 15.2 Å². The van der Waals surface area contributed by atoms with E-state index < -0.39 is 0 Å². The van der Waals surface area contributed by atoms with Crippen molar-refractivity contribution in [3.05, 3.63) is 20.6 Å². The van der Waals surface area contributed by atoms with Crippen LogP contribution < -0.4 is 4.90 Å². The topological polar surface area (TPSA) is 68.2 Å². The minimum atomic E-state index is -0.369. The van der Waals surface area contributed by atoms with Crippen molar-refractivity contribution < 1.29 is 9.53 Å². The summed E-state index contributed by atoms with van der Waals surface area (Å²) < 4.78 is 4.78. The molecule has 1 fully saturated rings. The van der Waals surface area contributed by atoms with Crippen LogP contribution in [0.4, 0.5) is 5.13 Å². The second-order valence-corrected chi connectivity index (χ2v) is 7.30. The summed E-state index contributed by atoms with van der Waals surface area (Å²) in [6, 6.07) is 0.180. The maximum absolute atomic E-state index is 11.7. The van der Waals surface area contributed by atoms with Crippen molar-refractivity contribution >= 4 is 33.8 Å². The molecule has 1 aliphatic rings. The Morgan fingerprint density at radius 3 is 2.81 bits per heavy atom. The molecule has 1 saturated heterocycles. The number of thiazole rings is 1. The van der Waals surface area contributed by atoms with Crippen LogP contribution in [0.2, 0.25) is 0 Å². The molecule has 0 radical (unpaired) electrons. The molecule has 1 aliphatic heterocycles. The molecule has 1 unspecified atom stereocenters. The van der Waals surface area contributed by atoms with Gasteiger partial charge in [0.15, 0.2) is 5.69 Å². The molecule has 0 aromatic carbocycles. The van der Waals surface area contributed by atoms with Crippen molar-refractivity contribution in [2.45, 2.75) is 32.7 Å². The number of carbonyl (C=O) groups is 1. The van der Waals surface area contributed by atoms with Gasteiger partial charge in [0.1, 0.15) is 10.0 Å². The normalized spacial score (nSPS) is 18.2. The smallest absolute Gasteiger partial charge is 0.357 e. The highest BCUT2D eigenvalue weighted by Gasteiger charge is 2.32. The molecule has 0 saturated carbocycles. The number of esters is 1. The van der Waals surface area contributed by atoms with Crippen molar-refractivity contribution in [3.63, 3.8) is 0 Å². The molecule has 112 valence electrons. The first kappa shape index (κ1) is 14.4. The Labute approximate surface area is 130 Å². The average molecular weight is 324 g/mol. The Morgan fingerprint density at radius 2 is 2.14 bits per heavy atom. The van der Waals surface area contributed by atoms with Gasteiger partial charge in [-0.1, -0.05) is 11.3 Å². The molecule has 2 aromatic rings. The van der Waals surface area contributed by atoms with Crippen LogP contribution in [0.5, 0.6) is 0 Å². The van der Waals surface area contributed by atoms with Gasteiger partial charge in [-0.25, -0.2) is 9.78 Å². The van der Waals surface area contributed by atoms with Crippen LogP contribution in [-0.2, 0) is 4.74 Å². The largest absolute Gasteiger partial charge is 0.464 e. The summed E-state index contributed by atoms with van der Waals surface area (Å²) in [5, 5.41) is 11.2. The number of methoxy groups -OCH3 is 1. The molecule has 3 heterocycles. The van der Waals surface area contributed by atoms with Crippen LogP contribution in [0.25, 0.3) is 0 Å². The summed E-state index contributed by atoms with van der Waals surface area (Å²) >= 11 is 3.16. The Morgan fingerprint density at radius 1 is 1.33 bits per heavy atom. The van der Waals surface area contributed by atoms with E-state index in [0.717, 1.165) is 39.4 Å². The molecule has 1 atom stereocenters. The lowest BCUT2D eigenvalue weighted by Crippen LogP contribution is -2.22. The zero-order valence-corrected chi connectivity index (χ0v) is 13.8. The number of carbonyl (C=O) groups excluding carboxylic acids is 1. The third kappa shape index (κ3) is 2.65. The lowest BCUT2D eigenvalue weighted by atomic mass is 10.2. The van der Waals surface area contributed by atoms with Crippen LogP contribution in [0.1, 0.15) is 44.3 Å². The Kier molecular flexibility index (Phi) is 3.90. The first-order chi connectivity index (χ1) is 10.1. The fourth-order valence-electron chi connectivity index (χ4n) is 2.50. The maximum Gasteiger partial charge on any atom is 0.357 e. The Balaban J connectivity index is 1.90. The fourth-order valence-corrected chi connectivity index (χ4v) is 4.32. The zero-order valence-electron chi connectivity index (χ0n) is 12.1. The van der Waals surface area contributed by atoms with Gasteiger partial charge in [-0.3, -0.25) is 0 Å². The maximum atomic E-state index is 11.7. The summed E-state index contributed by atoms with van der Waals surface area (Å²) in [7, 11) is 1.38. The number of ether oxygens (including phenoxy) is 1. The van der Waals surface area contributed by atoms with Gasteiger partial charge in [-0.15, -0.1) is 21.5 Å². The SMILES string of the molecule is COC(=O)c1nc(C2CCCN2c2nnc(C)s2)sc1C. The van der Waals surface area contributed by atoms with Crippen LogP contribution in [0.3, 0.4) is 0 Å². The van der Waals surface area contributed by atoms with E-state index >= 15 is 0 Å². The fraction of sp³-hybridized carbons (Fsp3) is 0.538. The first-order valence-electron chi connectivity index (χ1n) is 6.72. The molecule has 0 aliphatic carbocycles. The molecular weight excluding hydrogens is 308 g/mol. The van der Waals surface area contributed by atoms with Gasteiger partial charge in [-0.05, 0) is 26.7 Å². The minimum Gasteiger partial charge on any atom is -0.464 e. The van der Waals surface area contributed by atoms with E-state index in [4.69, 9.17) is 4.74 Å². The third-order valence-corrected chi connectivity index (χ3v) is 5.44. The van der Waals surface area contributed by atoms with Crippen molar-refractivity contribution in [3.8, 4) is 0 Å². The third-order valence-electron chi connectivity index (χ3n) is 3.49. The van der Waals surface area contributed by atoms with Crippen molar-refractivity contribution in [2.24, 2.45) is 0 Å². The highest BCUT2D eigenvalue weighted by Crippen LogP contribution is 2.39. The van der Waals surface area contributed by atoms with Crippen LogP contribution in [0.15, 0.2) is 0 Å². The van der Waals surface area contributed by atoms with Crippen LogP contribution in [-0.4, -0.2) is 34.8 Å². The Hall–Kier alpha value is -1.54. The van der Waals surface area contributed by atoms with E-state index in [1.807, 2.05) is 13.8 Å². The van der Waals surface area contributed by atoms with E-state index in [1.165, 1.54) is 7.11 Å². The molecule has 6 nitrogen and oxygen atoms in total. The van der Waals surface area contributed by atoms with E-state index in [2.05, 4.69) is 20.1 Å². The van der Waals surface area contributed by atoms with Gasteiger partial charge in [0, 0.05) is 11.4 Å². The predicted octanol–water partition coefficient (Wildman–Crippen LogP) is 2.74. The van der Waals surface area contributed by atoms with Gasteiger partial charge >= 0.3 is 5.97 Å². The van der Waals surface area contributed by atoms with Gasteiger partial charge in [0.2, 0.25) is 5.13 Å². The average Bonchev–Trinajstić information content (AvgIpc) is 3.16. The van der Waals surface area contributed by atoms with Gasteiger partial charge in [0.05, 0.1) is 13.2 Å². The molecule has 0 spiro atoms. The second-order valence-electron chi connectivity index (χ2n) is 4.90. The summed E-state index contributed by atoms with van der Waals surface area (Å²) in [6.45, 7) is 4.81. The molecule has 3 rings (SSSR count). The van der Waals surface area contributed by atoms with Gasteiger partial charge in [-0.2, -0.15) is 0 Å². The minimum absolute atomic E-state index is 0.180. The summed E-state index contributed by atoms with van der Waals surface area (Å²) in [5.41, 5.74) is 0.429. The highest BCUT2D eigenvalue weighted by atomic mass is 32.1. The van der Waals surface area contributed by atoms with E-state index in [0.29, 0.717) is 5.69 Å². The lowest BCUT2D eigenvalue weighted by Gasteiger charge is -2.21. The standard InChI is InChI=1S/C13H16N4O2S2/c1-7-10(12(18)19-3)14-11(20-7)9-5-4-6-17(9)13-16-15-8(2)21-13/h9H,4-6H2,1-3H3. The summed E-state index contributed by atoms with van der Waals surface area (Å²) in [4.78, 5) is 19.3. The number of aromatic nitrogens is 3. The quantitative estimate of drug-likeness (QED) is 0.809. The van der Waals surface area contributed by atoms with Crippen molar-refractivity contribution in [1.29, 1.82) is 0 Å². The number of hydrogen-bond acceptors (Lipinski definition) is 8. The molecule has 2 aromatic heterocycles. The number of rotatable bonds is 3. The Bertz CT molecular complexity index is 667. The number of hydrogen-bond donors (Lipinski definition) is 0. The molecule has 0 amide bonds. The second kappa shape index (κ2) is 5.69. The molecule has 21 heavy (non-hydrogen) atoms. The molecular formula is C13H16N4O2S2. The summed E-state index contributed by atoms with van der Waals surface area (Å²) in [5.74, 6) is -0.369. The van der Waals surface area contributed by atoms with E-state index in [-0.39, 0.29) is 12.0 Å². The van der Waals surface area contributed by atoms with Gasteiger partial charge < -0.3 is 9.64 Å². The number of anilines is 1. The van der Waals surface area contributed by atoms with Crippen LogP contribution in [0, 0.1) is 13.8 Å². The molecule has 8 heteroatoms. The monoisotopic (exact) mass is 324 g/mol. The van der Waals surface area contributed by atoms with E-state index in [1.54, 1.807) is 22.7 Å². The van der Waals surface area contributed by atoms with E-state index in [9.17, 15) is 4.79 Å². The first-order valence-corrected chi connectivity index (χ1v) is 8.36. The summed E-state index contributed by atoms with van der Waals surface area (Å²) in [6.07, 6.45) is 2.11. The van der Waals surface area contributed by atoms with Crippen molar-refractivity contribution in [2.75, 3.05) is 18.6 Å². The van der Waals surface area contributed by atoms with Crippen LogP contribution >= 0.6 is 22.7 Å². The van der Waals surface area contributed by atoms with Gasteiger partial charge in [0.25, 0.3) is 0 Å². The molecule has 0 N–H and O–H groups in total. The highest BCUT2D eigenvalue weighted by molar-refractivity contribution is 7.15.